The van der Waals surface area contributed by atoms with Crippen molar-refractivity contribution in [1.29, 1.82) is 0 Å². The Labute approximate surface area is 195 Å². The largest absolute Gasteiger partial charge is 0.437 e. The second-order valence-electron chi connectivity index (χ2n) is 8.93. The molecule has 0 N–H and O–H groups in total. The predicted molar refractivity (Wildman–Crippen MR) is 127 cm³/mol. The van der Waals surface area contributed by atoms with Gasteiger partial charge in [-0.15, -0.1) is 0 Å². The van der Waals surface area contributed by atoms with Gasteiger partial charge in [0.05, 0.1) is 11.9 Å². The third-order valence-electron chi connectivity index (χ3n) is 6.56. The molecule has 0 radical (unpaired) electrons. The fourth-order valence-electron chi connectivity index (χ4n) is 4.84. The molecule has 3 heterocycles. The van der Waals surface area contributed by atoms with E-state index in [4.69, 9.17) is 9.72 Å². The zero-order chi connectivity index (χ0) is 22.5. The van der Waals surface area contributed by atoms with Crippen LogP contribution in [0.25, 0.3) is 0 Å². The molecular formula is C27H30N4O2. The van der Waals surface area contributed by atoms with E-state index in [2.05, 4.69) is 16.0 Å². The number of likely N-dealkylation sites (tertiary alicyclic amines) is 2. The highest BCUT2D eigenvalue weighted by Gasteiger charge is 2.28. The lowest BCUT2D eigenvalue weighted by molar-refractivity contribution is 0.0703. The molecule has 0 aliphatic carbocycles. The lowest BCUT2D eigenvalue weighted by atomic mass is 9.94. The second kappa shape index (κ2) is 10.1. The Morgan fingerprint density at radius 1 is 0.939 bits per heavy atom. The molecule has 1 unspecified atom stereocenters. The number of hydrogen-bond donors (Lipinski definition) is 0. The van der Waals surface area contributed by atoms with Gasteiger partial charge in [-0.3, -0.25) is 14.7 Å². The highest BCUT2D eigenvalue weighted by Crippen LogP contribution is 2.29. The van der Waals surface area contributed by atoms with Gasteiger partial charge in [0.25, 0.3) is 5.91 Å². The van der Waals surface area contributed by atoms with Crippen molar-refractivity contribution in [3.05, 3.63) is 83.8 Å². The van der Waals surface area contributed by atoms with Crippen molar-refractivity contribution < 1.29 is 9.53 Å². The Hall–Kier alpha value is -3.25. The molecule has 2 aliphatic rings. The number of carbonyl (C=O) groups excluding carboxylic acids is 1. The van der Waals surface area contributed by atoms with E-state index in [1.165, 1.54) is 12.8 Å². The van der Waals surface area contributed by atoms with Gasteiger partial charge in [-0.1, -0.05) is 36.4 Å². The lowest BCUT2D eigenvalue weighted by Crippen LogP contribution is -2.40. The second-order valence-corrected chi connectivity index (χ2v) is 8.93. The molecule has 2 aromatic carbocycles. The van der Waals surface area contributed by atoms with E-state index in [0.29, 0.717) is 12.4 Å². The molecule has 170 valence electrons. The number of benzene rings is 2. The maximum atomic E-state index is 13.5. The van der Waals surface area contributed by atoms with Gasteiger partial charge in [-0.05, 0) is 62.5 Å². The van der Waals surface area contributed by atoms with Gasteiger partial charge in [0.2, 0.25) is 5.88 Å². The Kier molecular flexibility index (Phi) is 6.63. The average Bonchev–Trinajstić information content (AvgIpc) is 3.38. The number of amides is 1. The van der Waals surface area contributed by atoms with Crippen molar-refractivity contribution in [1.82, 2.24) is 19.8 Å². The van der Waals surface area contributed by atoms with Gasteiger partial charge in [0.1, 0.15) is 5.75 Å². The number of para-hydroxylation sites is 1. The van der Waals surface area contributed by atoms with E-state index in [-0.39, 0.29) is 11.8 Å². The molecule has 2 fully saturated rings. The van der Waals surface area contributed by atoms with Crippen LogP contribution in [0.3, 0.4) is 0 Å². The first-order valence-electron chi connectivity index (χ1n) is 11.9. The van der Waals surface area contributed by atoms with Crippen molar-refractivity contribution in [2.24, 2.45) is 0 Å². The molecule has 1 atom stereocenters. The number of ether oxygens (including phenoxy) is 1. The van der Waals surface area contributed by atoms with E-state index in [1.54, 1.807) is 12.4 Å². The zero-order valence-electron chi connectivity index (χ0n) is 18.9. The molecule has 6 heteroatoms. The molecule has 0 spiro atoms. The van der Waals surface area contributed by atoms with Gasteiger partial charge in [-0.25, -0.2) is 4.98 Å². The van der Waals surface area contributed by atoms with Gasteiger partial charge in [0, 0.05) is 37.3 Å². The smallest absolute Gasteiger partial charge is 0.254 e. The van der Waals surface area contributed by atoms with Crippen molar-refractivity contribution in [2.75, 3.05) is 26.2 Å². The van der Waals surface area contributed by atoms with Crippen LogP contribution in [0.1, 0.15) is 53.2 Å². The normalized spacial score (nSPS) is 18.9. The fraction of sp³-hybridized carbons (Fsp3) is 0.370. The van der Waals surface area contributed by atoms with Gasteiger partial charge in [-0.2, -0.15) is 0 Å². The van der Waals surface area contributed by atoms with Gasteiger partial charge >= 0.3 is 0 Å². The summed E-state index contributed by atoms with van der Waals surface area (Å²) in [6.07, 6.45) is 7.88. The molecule has 2 saturated heterocycles. The quantitative estimate of drug-likeness (QED) is 0.544. The summed E-state index contributed by atoms with van der Waals surface area (Å²) in [6.45, 7) is 4.52. The summed E-state index contributed by atoms with van der Waals surface area (Å²) in [6, 6.07) is 17.7. The van der Waals surface area contributed by atoms with E-state index < -0.39 is 0 Å². The molecule has 33 heavy (non-hydrogen) atoms. The van der Waals surface area contributed by atoms with E-state index in [9.17, 15) is 4.79 Å². The third kappa shape index (κ3) is 5.22. The number of nitrogens with zero attached hydrogens (tertiary/aromatic N) is 4. The van der Waals surface area contributed by atoms with Crippen molar-refractivity contribution in [3.63, 3.8) is 0 Å². The minimum Gasteiger partial charge on any atom is -0.437 e. The van der Waals surface area contributed by atoms with Crippen LogP contribution >= 0.6 is 0 Å². The number of piperidine rings is 1. The van der Waals surface area contributed by atoms with Crippen molar-refractivity contribution in [3.8, 4) is 11.6 Å². The zero-order valence-corrected chi connectivity index (χ0v) is 18.9. The summed E-state index contributed by atoms with van der Waals surface area (Å²) in [4.78, 5) is 27.0. The van der Waals surface area contributed by atoms with Crippen LogP contribution in [0.4, 0.5) is 0 Å². The molecule has 6 nitrogen and oxygen atoms in total. The van der Waals surface area contributed by atoms with Crippen LogP contribution < -0.4 is 4.74 Å². The summed E-state index contributed by atoms with van der Waals surface area (Å²) in [7, 11) is 0. The average molecular weight is 443 g/mol. The van der Waals surface area contributed by atoms with E-state index >= 15 is 0 Å². The first-order valence-corrected chi connectivity index (χ1v) is 11.9. The van der Waals surface area contributed by atoms with Crippen LogP contribution in [0, 0.1) is 0 Å². The molecular weight excluding hydrogens is 412 g/mol. The highest BCUT2D eigenvalue weighted by atomic mass is 16.5. The van der Waals surface area contributed by atoms with Crippen LogP contribution in [-0.4, -0.2) is 51.9 Å². The Morgan fingerprint density at radius 2 is 1.73 bits per heavy atom. The van der Waals surface area contributed by atoms with Crippen LogP contribution in [0.15, 0.2) is 67.0 Å². The Morgan fingerprint density at radius 3 is 2.58 bits per heavy atom. The van der Waals surface area contributed by atoms with Crippen molar-refractivity contribution >= 4 is 5.91 Å². The lowest BCUT2D eigenvalue weighted by Gasteiger charge is -2.33. The molecule has 1 amide bonds. The maximum Gasteiger partial charge on any atom is 0.254 e. The Balaban J connectivity index is 1.29. The minimum atomic E-state index is 0.124. The standard InChI is InChI=1S/C27H30N4O2/c32-27(24-13-5-4-9-21(24)19-30-14-6-7-15-30)31-16-8-10-22(20-31)25-17-28-18-26(29-25)33-23-11-2-1-3-12-23/h1-5,9,11-13,17-18,22H,6-8,10,14-16,19-20H2. The number of rotatable bonds is 6. The molecule has 5 rings (SSSR count). The molecule has 0 saturated carbocycles. The number of hydrogen-bond acceptors (Lipinski definition) is 5. The summed E-state index contributed by atoms with van der Waals surface area (Å²) in [5.41, 5.74) is 2.84. The molecule has 0 bridgehead atoms. The fourth-order valence-corrected chi connectivity index (χ4v) is 4.84. The number of aromatic nitrogens is 2. The molecule has 1 aromatic heterocycles. The summed E-state index contributed by atoms with van der Waals surface area (Å²) in [5.74, 6) is 1.50. The summed E-state index contributed by atoms with van der Waals surface area (Å²) < 4.78 is 5.87. The minimum absolute atomic E-state index is 0.124. The van der Waals surface area contributed by atoms with Gasteiger partial charge in [0.15, 0.2) is 0 Å². The maximum absolute atomic E-state index is 13.5. The van der Waals surface area contributed by atoms with Gasteiger partial charge < -0.3 is 9.64 Å². The topological polar surface area (TPSA) is 58.6 Å². The summed E-state index contributed by atoms with van der Waals surface area (Å²) in [5, 5.41) is 0. The Bertz CT molecular complexity index is 1080. The van der Waals surface area contributed by atoms with Crippen molar-refractivity contribution in [2.45, 2.75) is 38.1 Å². The van der Waals surface area contributed by atoms with Crippen LogP contribution in [0.2, 0.25) is 0 Å². The van der Waals surface area contributed by atoms with Crippen LogP contribution in [-0.2, 0) is 6.54 Å². The van der Waals surface area contributed by atoms with E-state index in [1.807, 2.05) is 53.4 Å². The SMILES string of the molecule is O=C(c1ccccc1CN1CCCC1)N1CCCC(c2cncc(Oc3ccccc3)n2)C1. The highest BCUT2D eigenvalue weighted by molar-refractivity contribution is 5.95. The molecule has 2 aliphatic heterocycles. The number of carbonyl (C=O) groups is 1. The predicted octanol–water partition coefficient (Wildman–Crippen LogP) is 4.88. The van der Waals surface area contributed by atoms with E-state index in [0.717, 1.165) is 61.6 Å². The first kappa shape index (κ1) is 21.6. The first-order chi connectivity index (χ1) is 16.3. The summed E-state index contributed by atoms with van der Waals surface area (Å²) >= 11 is 0. The third-order valence-corrected chi connectivity index (χ3v) is 6.56. The molecule has 3 aromatic rings. The van der Waals surface area contributed by atoms with Crippen LogP contribution in [0.5, 0.6) is 11.6 Å². The monoisotopic (exact) mass is 442 g/mol.